The molecule has 0 aromatic heterocycles. The van der Waals surface area contributed by atoms with Crippen LogP contribution in [0.25, 0.3) is 0 Å². The molecule has 3 aliphatic rings. The van der Waals surface area contributed by atoms with Crippen molar-refractivity contribution in [2.45, 2.75) is 43.9 Å². The molecule has 1 aromatic rings. The summed E-state index contributed by atoms with van der Waals surface area (Å²) in [5.74, 6) is -5.56. The smallest absolute Gasteiger partial charge is 0.255 e. The molecule has 0 saturated heterocycles. The number of aliphatic hydroxyl groups excluding tert-OH is 3. The number of hydrogen-bond acceptors (Lipinski definition) is 8. The van der Waals surface area contributed by atoms with Gasteiger partial charge in [0, 0.05) is 17.1 Å². The number of fused-ring (bicyclic) bond motifs is 3. The number of phenolic OH excluding ortho intramolecular Hbond substituents is 1. The second kappa shape index (κ2) is 7.06. The number of amides is 1. The molecule has 1 aromatic carbocycles. The van der Waals surface area contributed by atoms with Gasteiger partial charge in [-0.05, 0) is 50.4 Å². The highest BCUT2D eigenvalue weighted by molar-refractivity contribution is 6.22. The van der Waals surface area contributed by atoms with Gasteiger partial charge in [0.15, 0.2) is 11.4 Å². The maximum absolute atomic E-state index is 13.1. The molecule has 6 atom stereocenters. The largest absolute Gasteiger partial charge is 0.509 e. The number of phenols is 1. The zero-order chi connectivity index (χ0) is 23.9. The minimum Gasteiger partial charge on any atom is -0.509 e. The van der Waals surface area contributed by atoms with Gasteiger partial charge in [0.2, 0.25) is 0 Å². The number of rotatable bonds is 2. The number of carbonyl (C=O) groups is 2. The summed E-state index contributed by atoms with van der Waals surface area (Å²) in [5.41, 5.74) is 3.58. The Morgan fingerprint density at radius 2 is 1.81 bits per heavy atom. The van der Waals surface area contributed by atoms with E-state index in [1.165, 1.54) is 4.90 Å². The maximum Gasteiger partial charge on any atom is 0.255 e. The lowest BCUT2D eigenvalue weighted by Crippen LogP contribution is -2.62. The third kappa shape index (κ3) is 2.61. The minimum absolute atomic E-state index is 0.0480. The number of carbonyl (C=O) groups excluding carboxylic acids is 2. The highest BCUT2D eigenvalue weighted by Gasteiger charge is 2.63. The first kappa shape index (κ1) is 22.3. The fraction of sp³-hybridized carbons (Fsp3) is 0.478. The van der Waals surface area contributed by atoms with Crippen LogP contribution >= 0.6 is 0 Å². The molecule has 4 rings (SSSR count). The summed E-state index contributed by atoms with van der Waals surface area (Å²) in [4.78, 5) is 26.6. The summed E-state index contributed by atoms with van der Waals surface area (Å²) in [5, 5.41) is 55.6. The number of likely N-dealkylation sites (N-methyl/N-ethyl adjacent to an activating group) is 1. The Morgan fingerprint density at radius 1 is 1.19 bits per heavy atom. The lowest BCUT2D eigenvalue weighted by Gasteiger charge is -2.52. The lowest BCUT2D eigenvalue weighted by atomic mass is 9.56. The molecular weight excluding hydrogens is 416 g/mol. The van der Waals surface area contributed by atoms with E-state index in [1.807, 2.05) is 13.0 Å². The minimum atomic E-state index is -2.49. The van der Waals surface area contributed by atoms with E-state index in [4.69, 9.17) is 5.73 Å². The number of aryl methyl sites for hydroxylation is 1. The molecule has 0 heterocycles. The Kier molecular flexibility index (Phi) is 4.92. The Labute approximate surface area is 185 Å². The molecule has 0 fully saturated rings. The molecule has 9 nitrogen and oxygen atoms in total. The first-order chi connectivity index (χ1) is 14.8. The number of Topliss-reactive ketones (excluding diaryl/α,β-unsaturated/α-hetero) is 1. The number of aliphatic hydroxyl groups is 4. The van der Waals surface area contributed by atoms with E-state index in [2.05, 4.69) is 0 Å². The van der Waals surface area contributed by atoms with E-state index in [0.29, 0.717) is 11.1 Å². The van der Waals surface area contributed by atoms with Crippen LogP contribution in [0.4, 0.5) is 0 Å². The van der Waals surface area contributed by atoms with Crippen molar-refractivity contribution in [3.05, 3.63) is 51.5 Å². The van der Waals surface area contributed by atoms with E-state index < -0.39 is 58.4 Å². The predicted molar refractivity (Wildman–Crippen MR) is 114 cm³/mol. The van der Waals surface area contributed by atoms with Crippen molar-refractivity contribution >= 4 is 11.7 Å². The number of benzene rings is 1. The Bertz CT molecular complexity index is 1110. The summed E-state index contributed by atoms with van der Waals surface area (Å²) in [6, 6.07) is 2.51. The second-order valence-electron chi connectivity index (χ2n) is 9.30. The maximum atomic E-state index is 13.1. The van der Waals surface area contributed by atoms with Crippen LogP contribution in [0, 0.1) is 18.8 Å². The van der Waals surface area contributed by atoms with Gasteiger partial charge in [0.25, 0.3) is 5.91 Å². The number of ketones is 1. The average molecular weight is 444 g/mol. The highest BCUT2D eigenvalue weighted by Crippen LogP contribution is 2.59. The molecule has 0 saturated carbocycles. The molecule has 172 valence electrons. The molecule has 0 spiro atoms. The van der Waals surface area contributed by atoms with Gasteiger partial charge in [0.05, 0.1) is 6.04 Å². The fourth-order valence-electron chi connectivity index (χ4n) is 5.85. The van der Waals surface area contributed by atoms with Crippen molar-refractivity contribution in [3.63, 3.8) is 0 Å². The number of aromatic hydroxyl groups is 1. The van der Waals surface area contributed by atoms with Crippen LogP contribution in [0.1, 0.15) is 42.1 Å². The molecule has 32 heavy (non-hydrogen) atoms. The van der Waals surface area contributed by atoms with Crippen molar-refractivity contribution in [1.82, 2.24) is 4.90 Å². The summed E-state index contributed by atoms with van der Waals surface area (Å²) in [6.45, 7) is 3.56. The van der Waals surface area contributed by atoms with Crippen LogP contribution in [0.15, 0.2) is 34.8 Å². The number of primary amides is 1. The Hall–Kier alpha value is -2.88. The quantitative estimate of drug-likeness (QED) is 0.365. The molecule has 6 unspecified atom stereocenters. The van der Waals surface area contributed by atoms with E-state index in [0.717, 1.165) is 0 Å². The van der Waals surface area contributed by atoms with Gasteiger partial charge in [-0.15, -0.1) is 0 Å². The number of hydrogen-bond donors (Lipinski definition) is 6. The molecule has 0 aliphatic heterocycles. The van der Waals surface area contributed by atoms with Gasteiger partial charge >= 0.3 is 0 Å². The third-order valence-electron chi connectivity index (χ3n) is 7.49. The van der Waals surface area contributed by atoms with Gasteiger partial charge in [-0.1, -0.05) is 19.1 Å². The molecular formula is C23H28N2O7. The predicted octanol–water partition coefficient (Wildman–Crippen LogP) is 0.841. The molecule has 9 heteroatoms. The van der Waals surface area contributed by atoms with Gasteiger partial charge in [0.1, 0.15) is 28.9 Å². The second-order valence-corrected chi connectivity index (χ2v) is 9.30. The highest BCUT2D eigenvalue weighted by atomic mass is 16.4. The van der Waals surface area contributed by atoms with E-state index in [-0.39, 0.29) is 29.2 Å². The van der Waals surface area contributed by atoms with Gasteiger partial charge in [-0.3, -0.25) is 14.5 Å². The Balaban J connectivity index is 2.03. The van der Waals surface area contributed by atoms with E-state index in [9.17, 15) is 35.1 Å². The molecule has 1 amide bonds. The van der Waals surface area contributed by atoms with Crippen LogP contribution in [0.3, 0.4) is 0 Å². The van der Waals surface area contributed by atoms with Crippen molar-refractivity contribution < 1.29 is 35.1 Å². The fourth-order valence-corrected chi connectivity index (χ4v) is 5.85. The van der Waals surface area contributed by atoms with Crippen molar-refractivity contribution in [3.8, 4) is 5.75 Å². The zero-order valence-corrected chi connectivity index (χ0v) is 18.3. The van der Waals surface area contributed by atoms with E-state index >= 15 is 0 Å². The topological polar surface area (TPSA) is 165 Å². The van der Waals surface area contributed by atoms with Crippen molar-refractivity contribution in [1.29, 1.82) is 0 Å². The molecule has 0 radical (unpaired) electrons. The average Bonchev–Trinajstić information content (AvgIpc) is 2.70. The summed E-state index contributed by atoms with van der Waals surface area (Å²) < 4.78 is 0. The van der Waals surface area contributed by atoms with Crippen LogP contribution in [-0.4, -0.2) is 67.9 Å². The summed E-state index contributed by atoms with van der Waals surface area (Å²) in [6.07, 6.45) is -1.32. The SMILES string of the molecule is Cc1ccc2c(c1O)C(O)C1=C(O)C3(O)C(O)=C(C(N)=O)C(=O)C(N(C)C)C3CC1C2C. The number of nitrogens with two attached hydrogens (primary N) is 1. The Morgan fingerprint density at radius 3 is 2.38 bits per heavy atom. The summed E-state index contributed by atoms with van der Waals surface area (Å²) in [7, 11) is 3.19. The monoisotopic (exact) mass is 444 g/mol. The molecule has 0 bridgehead atoms. The van der Waals surface area contributed by atoms with Gasteiger partial charge in [-0.2, -0.15) is 0 Å². The van der Waals surface area contributed by atoms with Crippen LogP contribution in [0.2, 0.25) is 0 Å². The van der Waals surface area contributed by atoms with Crippen molar-refractivity contribution in [2.75, 3.05) is 14.1 Å². The zero-order valence-electron chi connectivity index (χ0n) is 18.3. The standard InChI is InChI=1S/C23H28N2O7/c1-8-5-6-10-9(2)11-7-12-16(25(3)4)19(28)15(22(24)31)21(30)23(12,32)20(29)14(11)18(27)13(10)17(8)26/h5-6,9,11-12,16,18,26-27,29-30,32H,7H2,1-4H3,(H2,24,31). The van der Waals surface area contributed by atoms with Crippen LogP contribution in [0.5, 0.6) is 5.75 Å². The summed E-state index contributed by atoms with van der Waals surface area (Å²) >= 11 is 0. The number of nitrogens with zero attached hydrogens (tertiary/aromatic N) is 1. The lowest BCUT2D eigenvalue weighted by molar-refractivity contribution is -0.137. The van der Waals surface area contributed by atoms with Crippen LogP contribution in [-0.2, 0) is 9.59 Å². The molecule has 7 N–H and O–H groups in total. The van der Waals surface area contributed by atoms with Crippen LogP contribution < -0.4 is 5.73 Å². The van der Waals surface area contributed by atoms with Gasteiger partial charge in [-0.25, -0.2) is 0 Å². The first-order valence-corrected chi connectivity index (χ1v) is 10.5. The first-order valence-electron chi connectivity index (χ1n) is 10.5. The van der Waals surface area contributed by atoms with E-state index in [1.54, 1.807) is 27.1 Å². The van der Waals surface area contributed by atoms with Crippen molar-refractivity contribution in [2.24, 2.45) is 17.6 Å². The normalized spacial score (nSPS) is 34.3. The van der Waals surface area contributed by atoms with Gasteiger partial charge < -0.3 is 31.3 Å². The molecule has 3 aliphatic carbocycles. The third-order valence-corrected chi connectivity index (χ3v) is 7.49.